The van der Waals surface area contributed by atoms with Crippen molar-refractivity contribution in [2.45, 2.75) is 17.1 Å². The lowest BCUT2D eigenvalue weighted by molar-refractivity contribution is -0.116. The fourth-order valence-electron chi connectivity index (χ4n) is 4.44. The molecule has 4 N–H and O–H groups in total. The molecule has 46 heavy (non-hydrogen) atoms. The van der Waals surface area contributed by atoms with E-state index < -0.39 is 23.0 Å². The van der Waals surface area contributed by atoms with Crippen LogP contribution in [0, 0.1) is 6.92 Å². The number of aromatic carboxylic acids is 1. The number of rotatable bonds is 11. The summed E-state index contributed by atoms with van der Waals surface area (Å²) in [6, 6.07) is 31.4. The van der Waals surface area contributed by atoms with Gasteiger partial charge in [-0.2, -0.15) is 11.3 Å². The number of aryl methyl sites for hydroxylation is 1. The molecule has 8 nitrogen and oxygen atoms in total. The summed E-state index contributed by atoms with van der Waals surface area (Å²) in [6.45, 7) is 1.79. The molecule has 0 fully saturated rings. The Morgan fingerprint density at radius 2 is 1.54 bits per heavy atom. The van der Waals surface area contributed by atoms with Crippen LogP contribution in [0.3, 0.4) is 0 Å². The lowest BCUT2D eigenvalue weighted by Crippen LogP contribution is -2.30. The van der Waals surface area contributed by atoms with E-state index in [9.17, 15) is 24.3 Å². The van der Waals surface area contributed by atoms with Gasteiger partial charge in [0.15, 0.2) is 0 Å². The molecule has 1 atom stereocenters. The maximum absolute atomic E-state index is 13.7. The summed E-state index contributed by atoms with van der Waals surface area (Å²) in [5.41, 5.74) is 3.69. The van der Waals surface area contributed by atoms with Crippen LogP contribution in [0.2, 0.25) is 0 Å². The minimum atomic E-state index is -1.09. The summed E-state index contributed by atoms with van der Waals surface area (Å²) in [6.07, 6.45) is 1.61. The highest BCUT2D eigenvalue weighted by Crippen LogP contribution is 2.37. The van der Waals surface area contributed by atoms with Gasteiger partial charge in [0.2, 0.25) is 5.91 Å². The van der Waals surface area contributed by atoms with Gasteiger partial charge in [0.05, 0.1) is 5.56 Å². The topological polar surface area (TPSA) is 125 Å². The van der Waals surface area contributed by atoms with Crippen LogP contribution in [0.15, 0.2) is 131 Å². The first-order valence-corrected chi connectivity index (χ1v) is 16.0. The fourth-order valence-corrected chi connectivity index (χ4v) is 6.14. The molecule has 0 saturated carbocycles. The molecule has 1 aromatic heterocycles. The van der Waals surface area contributed by atoms with E-state index in [1.807, 2.05) is 53.2 Å². The first-order chi connectivity index (χ1) is 22.3. The number of hydrogen-bond donors (Lipinski definition) is 4. The van der Waals surface area contributed by atoms with E-state index in [4.69, 9.17) is 0 Å². The van der Waals surface area contributed by atoms with Crippen molar-refractivity contribution in [1.29, 1.82) is 0 Å². The van der Waals surface area contributed by atoms with E-state index in [0.29, 0.717) is 21.8 Å². The molecule has 1 heterocycles. The van der Waals surface area contributed by atoms with Crippen molar-refractivity contribution in [3.63, 3.8) is 0 Å². The SMILES string of the molecule is Cc1ccc(C(=O)O)cc1NC(=O)C(Sc1cccc(NC(=O)/C(=C/c2ccsc2)NC(=O)c2ccccc2)c1)c1ccccc1. The van der Waals surface area contributed by atoms with E-state index in [0.717, 1.165) is 16.7 Å². The van der Waals surface area contributed by atoms with Crippen LogP contribution in [0.1, 0.15) is 42.7 Å². The molecule has 0 radical (unpaired) electrons. The molecule has 10 heteroatoms. The smallest absolute Gasteiger partial charge is 0.335 e. The van der Waals surface area contributed by atoms with Crippen LogP contribution in [-0.4, -0.2) is 28.8 Å². The monoisotopic (exact) mass is 647 g/mol. The predicted octanol–water partition coefficient (Wildman–Crippen LogP) is 7.64. The minimum Gasteiger partial charge on any atom is -0.478 e. The Kier molecular flexibility index (Phi) is 10.4. The Morgan fingerprint density at radius 1 is 0.804 bits per heavy atom. The molecule has 5 rings (SSSR count). The second-order valence-corrected chi connectivity index (χ2v) is 12.1. The number of benzene rings is 4. The van der Waals surface area contributed by atoms with E-state index in [-0.39, 0.29) is 17.2 Å². The lowest BCUT2D eigenvalue weighted by Gasteiger charge is -2.19. The Labute approximate surface area is 274 Å². The van der Waals surface area contributed by atoms with Crippen LogP contribution < -0.4 is 16.0 Å². The number of nitrogens with one attached hydrogen (secondary N) is 3. The standard InChI is InChI=1S/C36H29N3O5S2/c1-23-15-16-27(36(43)44)20-30(23)38-35(42)32(25-9-4-2-5-10-25)46-29-14-8-13-28(21-29)37-34(41)31(19-24-17-18-45-22-24)39-33(40)26-11-6-3-7-12-26/h2-22,32H,1H3,(H,37,41)(H,38,42)(H,39,40)(H,43,44)/b31-19-. The zero-order valence-electron chi connectivity index (χ0n) is 24.6. The highest BCUT2D eigenvalue weighted by molar-refractivity contribution is 8.00. The first-order valence-electron chi connectivity index (χ1n) is 14.1. The largest absolute Gasteiger partial charge is 0.478 e. The molecular formula is C36H29N3O5S2. The van der Waals surface area contributed by atoms with E-state index >= 15 is 0 Å². The van der Waals surface area contributed by atoms with Gasteiger partial charge >= 0.3 is 5.97 Å². The van der Waals surface area contributed by atoms with Crippen LogP contribution in [0.4, 0.5) is 11.4 Å². The Balaban J connectivity index is 1.37. The van der Waals surface area contributed by atoms with Crippen molar-refractivity contribution < 1.29 is 24.3 Å². The average molecular weight is 648 g/mol. The van der Waals surface area contributed by atoms with Crippen molar-refractivity contribution in [1.82, 2.24) is 5.32 Å². The molecule has 3 amide bonds. The third kappa shape index (κ3) is 8.38. The van der Waals surface area contributed by atoms with Crippen molar-refractivity contribution >= 4 is 64.2 Å². The number of carboxylic acid groups (broad SMARTS) is 1. The molecule has 0 saturated heterocycles. The minimum absolute atomic E-state index is 0.0700. The molecule has 0 spiro atoms. The summed E-state index contributed by atoms with van der Waals surface area (Å²) < 4.78 is 0. The number of carboxylic acids is 1. The number of thiophene rings is 1. The van der Waals surface area contributed by atoms with Gasteiger partial charge in [-0.3, -0.25) is 14.4 Å². The van der Waals surface area contributed by atoms with Crippen LogP contribution in [0.5, 0.6) is 0 Å². The molecule has 230 valence electrons. The maximum Gasteiger partial charge on any atom is 0.335 e. The van der Waals surface area contributed by atoms with Gasteiger partial charge in [-0.1, -0.05) is 60.7 Å². The lowest BCUT2D eigenvalue weighted by atomic mass is 10.1. The number of carbonyl (C=O) groups excluding carboxylic acids is 3. The Morgan fingerprint density at radius 3 is 2.24 bits per heavy atom. The Hall–Kier alpha value is -5.45. The number of thioether (sulfide) groups is 1. The van der Waals surface area contributed by atoms with Gasteiger partial charge in [0.25, 0.3) is 11.8 Å². The molecule has 0 aliphatic heterocycles. The second kappa shape index (κ2) is 15.0. The second-order valence-electron chi connectivity index (χ2n) is 10.1. The van der Waals surface area contributed by atoms with Crippen molar-refractivity contribution in [3.05, 3.63) is 153 Å². The summed E-state index contributed by atoms with van der Waals surface area (Å²) in [5, 5.41) is 21.0. The highest BCUT2D eigenvalue weighted by Gasteiger charge is 2.24. The summed E-state index contributed by atoms with van der Waals surface area (Å²) in [7, 11) is 0. The van der Waals surface area contributed by atoms with Gasteiger partial charge < -0.3 is 21.1 Å². The van der Waals surface area contributed by atoms with Gasteiger partial charge in [0.1, 0.15) is 10.9 Å². The highest BCUT2D eigenvalue weighted by atomic mass is 32.2. The van der Waals surface area contributed by atoms with E-state index in [1.54, 1.807) is 67.6 Å². The van der Waals surface area contributed by atoms with Crippen molar-refractivity contribution in [2.24, 2.45) is 0 Å². The number of carbonyl (C=O) groups is 4. The number of amides is 3. The summed E-state index contributed by atoms with van der Waals surface area (Å²) >= 11 is 2.76. The van der Waals surface area contributed by atoms with Gasteiger partial charge in [-0.15, -0.1) is 11.8 Å². The molecule has 1 unspecified atom stereocenters. The van der Waals surface area contributed by atoms with E-state index in [2.05, 4.69) is 16.0 Å². The third-order valence-corrected chi connectivity index (χ3v) is 8.76. The molecule has 0 bridgehead atoms. The third-order valence-electron chi connectivity index (χ3n) is 6.81. The van der Waals surface area contributed by atoms with Crippen LogP contribution in [0.25, 0.3) is 6.08 Å². The molecular weight excluding hydrogens is 619 g/mol. The average Bonchev–Trinajstić information content (AvgIpc) is 3.58. The van der Waals surface area contributed by atoms with Crippen molar-refractivity contribution in [2.75, 3.05) is 10.6 Å². The van der Waals surface area contributed by atoms with Gasteiger partial charge in [0, 0.05) is 21.8 Å². The van der Waals surface area contributed by atoms with Crippen molar-refractivity contribution in [3.8, 4) is 0 Å². The predicted molar refractivity (Wildman–Crippen MR) is 183 cm³/mol. The molecule has 4 aromatic carbocycles. The van der Waals surface area contributed by atoms with E-state index in [1.165, 1.54) is 35.2 Å². The number of hydrogen-bond acceptors (Lipinski definition) is 6. The molecule has 5 aromatic rings. The fraction of sp³-hybridized carbons (Fsp3) is 0.0556. The molecule has 0 aliphatic rings. The number of anilines is 2. The zero-order valence-corrected chi connectivity index (χ0v) is 26.2. The molecule has 0 aliphatic carbocycles. The maximum atomic E-state index is 13.7. The summed E-state index contributed by atoms with van der Waals surface area (Å²) in [5.74, 6) is -2.34. The first kappa shape index (κ1) is 32.0. The Bertz CT molecular complexity index is 1890. The van der Waals surface area contributed by atoms with Crippen LogP contribution in [-0.2, 0) is 9.59 Å². The van der Waals surface area contributed by atoms with Gasteiger partial charge in [-0.25, -0.2) is 4.79 Å². The summed E-state index contributed by atoms with van der Waals surface area (Å²) in [4.78, 5) is 52.3. The van der Waals surface area contributed by atoms with Gasteiger partial charge in [-0.05, 0) is 89.0 Å². The zero-order chi connectivity index (χ0) is 32.5. The quantitative estimate of drug-likeness (QED) is 0.0863. The van der Waals surface area contributed by atoms with Crippen LogP contribution >= 0.6 is 23.1 Å². The normalized spacial score (nSPS) is 11.7.